The Morgan fingerprint density at radius 1 is 1.21 bits per heavy atom. The third-order valence-electron chi connectivity index (χ3n) is 4.37. The van der Waals surface area contributed by atoms with Crippen LogP contribution in [0.2, 0.25) is 0 Å². The van der Waals surface area contributed by atoms with E-state index in [0.29, 0.717) is 34.7 Å². The number of benzene rings is 2. The number of carbonyl (C=O) groups excluding carboxylic acids is 1. The maximum atomic E-state index is 12.4. The Bertz CT molecular complexity index is 1040. The number of hydrogen-bond acceptors (Lipinski definition) is 7. The molecule has 0 spiro atoms. The highest BCUT2D eigenvalue weighted by molar-refractivity contribution is 7.99. The average Bonchev–Trinajstić information content (AvgIpc) is 3.38. The van der Waals surface area contributed by atoms with E-state index in [0.717, 1.165) is 11.3 Å². The Morgan fingerprint density at radius 2 is 2.03 bits per heavy atom. The van der Waals surface area contributed by atoms with Gasteiger partial charge in [0.05, 0.1) is 18.4 Å². The molecule has 2 heterocycles. The molecule has 0 unspecified atom stereocenters. The molecule has 0 aliphatic carbocycles. The number of hydrogen-bond donors (Lipinski definition) is 1. The molecule has 4 rings (SSSR count). The third-order valence-corrected chi connectivity index (χ3v) is 5.34. The number of para-hydroxylation sites is 1. The highest BCUT2D eigenvalue weighted by Crippen LogP contribution is 2.34. The zero-order valence-electron chi connectivity index (χ0n) is 16.0. The lowest BCUT2D eigenvalue weighted by Gasteiger charge is -2.10. The molecule has 1 aliphatic rings. The van der Waals surface area contributed by atoms with Crippen molar-refractivity contribution in [1.29, 1.82) is 0 Å². The predicted octanol–water partition coefficient (Wildman–Crippen LogP) is 3.43. The van der Waals surface area contributed by atoms with Crippen molar-refractivity contribution in [2.24, 2.45) is 0 Å². The summed E-state index contributed by atoms with van der Waals surface area (Å²) in [5, 5.41) is 12.1. The van der Waals surface area contributed by atoms with Gasteiger partial charge >= 0.3 is 0 Å². The number of thioether (sulfide) groups is 1. The number of carbonyl (C=O) groups is 1. The molecule has 8 nitrogen and oxygen atoms in total. The van der Waals surface area contributed by atoms with Gasteiger partial charge in [0.1, 0.15) is 5.75 Å². The number of rotatable bonds is 7. The van der Waals surface area contributed by atoms with E-state index in [1.54, 1.807) is 25.3 Å². The van der Waals surface area contributed by atoms with Crippen LogP contribution in [0.25, 0.3) is 11.4 Å². The first-order valence-electron chi connectivity index (χ1n) is 9.08. The number of aromatic nitrogens is 3. The molecule has 3 aromatic rings. The molecule has 150 valence electrons. The first kappa shape index (κ1) is 19.1. The molecular formula is C20H20N4O4S. The summed E-state index contributed by atoms with van der Waals surface area (Å²) in [4.78, 5) is 12.4. The normalized spacial score (nSPS) is 12.1. The van der Waals surface area contributed by atoms with Crippen LogP contribution < -0.4 is 19.5 Å². The summed E-state index contributed by atoms with van der Waals surface area (Å²) in [7, 11) is 1.63. The minimum atomic E-state index is -0.140. The van der Waals surface area contributed by atoms with Gasteiger partial charge < -0.3 is 24.1 Å². The average molecular weight is 412 g/mol. The Balaban J connectivity index is 1.44. The zero-order valence-corrected chi connectivity index (χ0v) is 16.9. The molecule has 1 amide bonds. The number of fused-ring (bicyclic) bond motifs is 1. The second-order valence-corrected chi connectivity index (χ2v) is 7.10. The van der Waals surface area contributed by atoms with Gasteiger partial charge in [0.15, 0.2) is 22.5 Å². The summed E-state index contributed by atoms with van der Waals surface area (Å²) < 4.78 is 18.0. The van der Waals surface area contributed by atoms with Crippen molar-refractivity contribution >= 4 is 23.4 Å². The van der Waals surface area contributed by atoms with E-state index in [1.165, 1.54) is 11.8 Å². The third kappa shape index (κ3) is 4.00. The van der Waals surface area contributed by atoms with Crippen LogP contribution in [-0.4, -0.2) is 40.3 Å². The molecule has 0 bridgehead atoms. The second-order valence-electron chi connectivity index (χ2n) is 6.16. The summed E-state index contributed by atoms with van der Waals surface area (Å²) in [5.74, 6) is 2.81. The van der Waals surface area contributed by atoms with Gasteiger partial charge in [-0.05, 0) is 31.2 Å². The van der Waals surface area contributed by atoms with Gasteiger partial charge in [0.25, 0.3) is 0 Å². The summed E-state index contributed by atoms with van der Waals surface area (Å²) in [6, 6.07) is 13.0. The van der Waals surface area contributed by atoms with Crippen molar-refractivity contribution in [1.82, 2.24) is 14.8 Å². The number of nitrogens with zero attached hydrogens (tertiary/aromatic N) is 3. The van der Waals surface area contributed by atoms with Crippen molar-refractivity contribution in [3.8, 4) is 28.6 Å². The Labute approximate surface area is 172 Å². The summed E-state index contributed by atoms with van der Waals surface area (Å²) in [6.07, 6.45) is 0. The number of amides is 1. The monoisotopic (exact) mass is 412 g/mol. The predicted molar refractivity (Wildman–Crippen MR) is 110 cm³/mol. The van der Waals surface area contributed by atoms with Crippen molar-refractivity contribution in [3.05, 3.63) is 42.5 Å². The Kier molecular flexibility index (Phi) is 5.57. The molecule has 0 fully saturated rings. The van der Waals surface area contributed by atoms with E-state index < -0.39 is 0 Å². The van der Waals surface area contributed by atoms with Crippen LogP contribution in [-0.2, 0) is 11.3 Å². The Morgan fingerprint density at radius 3 is 2.86 bits per heavy atom. The number of nitrogens with one attached hydrogen (secondary N) is 1. The second kappa shape index (κ2) is 8.44. The van der Waals surface area contributed by atoms with Gasteiger partial charge in [-0.1, -0.05) is 23.9 Å². The van der Waals surface area contributed by atoms with E-state index in [2.05, 4.69) is 15.5 Å². The minimum Gasteiger partial charge on any atom is -0.496 e. The van der Waals surface area contributed by atoms with Gasteiger partial charge in [0.2, 0.25) is 12.7 Å². The molecule has 0 saturated carbocycles. The van der Waals surface area contributed by atoms with Gasteiger partial charge in [-0.3, -0.25) is 4.79 Å². The molecule has 2 aromatic carbocycles. The minimum absolute atomic E-state index is 0.140. The smallest absolute Gasteiger partial charge is 0.234 e. The Hall–Kier alpha value is -3.20. The van der Waals surface area contributed by atoms with Crippen molar-refractivity contribution in [2.75, 3.05) is 25.0 Å². The van der Waals surface area contributed by atoms with Crippen LogP contribution in [0, 0.1) is 0 Å². The maximum Gasteiger partial charge on any atom is 0.234 e. The number of ether oxygens (including phenoxy) is 3. The molecule has 9 heteroatoms. The topological polar surface area (TPSA) is 87.5 Å². The summed E-state index contributed by atoms with van der Waals surface area (Å²) in [5.41, 5.74) is 1.52. The van der Waals surface area contributed by atoms with Crippen molar-refractivity contribution in [2.45, 2.75) is 18.6 Å². The van der Waals surface area contributed by atoms with Crippen LogP contribution in [0.4, 0.5) is 5.69 Å². The van der Waals surface area contributed by atoms with Crippen molar-refractivity contribution < 1.29 is 19.0 Å². The summed E-state index contributed by atoms with van der Waals surface area (Å²) >= 11 is 1.33. The molecule has 0 radical (unpaired) electrons. The largest absolute Gasteiger partial charge is 0.496 e. The van der Waals surface area contributed by atoms with E-state index >= 15 is 0 Å². The molecule has 1 N–H and O–H groups in total. The fraction of sp³-hybridized carbons (Fsp3) is 0.250. The van der Waals surface area contributed by atoms with Crippen LogP contribution in [0.5, 0.6) is 17.2 Å². The lowest BCUT2D eigenvalue weighted by Crippen LogP contribution is -2.14. The van der Waals surface area contributed by atoms with Gasteiger partial charge in [-0.2, -0.15) is 0 Å². The molecule has 0 atom stereocenters. The van der Waals surface area contributed by atoms with E-state index in [1.807, 2.05) is 35.8 Å². The lowest BCUT2D eigenvalue weighted by atomic mass is 10.2. The maximum absolute atomic E-state index is 12.4. The van der Waals surface area contributed by atoms with Crippen LogP contribution in [0.1, 0.15) is 6.92 Å². The first-order chi connectivity index (χ1) is 14.2. The standard InChI is InChI=1S/C20H20N4O4S/c1-3-24-19(14-6-4-5-7-15(14)26-2)22-23-20(24)29-11-18(25)21-13-8-9-16-17(10-13)28-12-27-16/h4-10H,3,11-12H2,1-2H3,(H,21,25). The zero-order chi connectivity index (χ0) is 20.2. The number of anilines is 1. The van der Waals surface area contributed by atoms with Crippen LogP contribution in [0.3, 0.4) is 0 Å². The van der Waals surface area contributed by atoms with E-state index in [4.69, 9.17) is 14.2 Å². The molecule has 29 heavy (non-hydrogen) atoms. The highest BCUT2D eigenvalue weighted by Gasteiger charge is 2.18. The highest BCUT2D eigenvalue weighted by atomic mass is 32.2. The van der Waals surface area contributed by atoms with Gasteiger partial charge in [-0.15, -0.1) is 10.2 Å². The number of methoxy groups -OCH3 is 1. The van der Waals surface area contributed by atoms with Crippen LogP contribution >= 0.6 is 11.8 Å². The van der Waals surface area contributed by atoms with Gasteiger partial charge in [-0.25, -0.2) is 0 Å². The lowest BCUT2D eigenvalue weighted by molar-refractivity contribution is -0.113. The van der Waals surface area contributed by atoms with E-state index in [9.17, 15) is 4.79 Å². The fourth-order valence-corrected chi connectivity index (χ4v) is 3.81. The quantitative estimate of drug-likeness (QED) is 0.595. The fourth-order valence-electron chi connectivity index (χ4n) is 3.01. The molecule has 1 aromatic heterocycles. The van der Waals surface area contributed by atoms with Gasteiger partial charge in [0, 0.05) is 18.3 Å². The SMILES string of the molecule is CCn1c(SCC(=O)Nc2ccc3c(c2)OCO3)nnc1-c1ccccc1OC. The molecule has 0 saturated heterocycles. The van der Waals surface area contributed by atoms with E-state index in [-0.39, 0.29) is 18.5 Å². The molecular weight excluding hydrogens is 392 g/mol. The van der Waals surface area contributed by atoms with Crippen molar-refractivity contribution in [3.63, 3.8) is 0 Å². The first-order valence-corrected chi connectivity index (χ1v) is 10.1. The summed E-state index contributed by atoms with van der Waals surface area (Å²) in [6.45, 7) is 2.88. The van der Waals surface area contributed by atoms with Crippen LogP contribution in [0.15, 0.2) is 47.6 Å². The molecule has 1 aliphatic heterocycles.